The first-order chi connectivity index (χ1) is 13.5. The fourth-order valence-electron chi connectivity index (χ4n) is 2.88. The van der Waals surface area contributed by atoms with Gasteiger partial charge in [-0.2, -0.15) is 0 Å². The largest absolute Gasteiger partial charge is 0.486 e. The molecule has 3 rings (SSSR count). The highest BCUT2D eigenvalue weighted by atomic mass is 32.2. The summed E-state index contributed by atoms with van der Waals surface area (Å²) in [6.45, 7) is 4.97. The summed E-state index contributed by atoms with van der Waals surface area (Å²) < 4.78 is 11.7. The van der Waals surface area contributed by atoms with Gasteiger partial charge >= 0.3 is 0 Å². The van der Waals surface area contributed by atoms with Crippen LogP contribution in [0.2, 0.25) is 0 Å². The van der Waals surface area contributed by atoms with E-state index in [0.717, 1.165) is 22.1 Å². The number of thioether (sulfide) groups is 1. The molecular formula is C21H24N2O4S. The van der Waals surface area contributed by atoms with Crippen molar-refractivity contribution in [1.29, 1.82) is 0 Å². The van der Waals surface area contributed by atoms with Crippen LogP contribution >= 0.6 is 11.8 Å². The molecule has 28 heavy (non-hydrogen) atoms. The van der Waals surface area contributed by atoms with E-state index < -0.39 is 0 Å². The molecule has 0 spiro atoms. The average molecular weight is 401 g/mol. The van der Waals surface area contributed by atoms with E-state index in [1.807, 2.05) is 55.5 Å². The van der Waals surface area contributed by atoms with Gasteiger partial charge in [0.15, 0.2) is 17.6 Å². The number of rotatable bonds is 7. The Kier molecular flexibility index (Phi) is 6.81. The van der Waals surface area contributed by atoms with Gasteiger partial charge in [0.1, 0.15) is 6.61 Å². The number of fused-ring (bicyclic) bond motifs is 1. The highest BCUT2D eigenvalue weighted by Crippen LogP contribution is 2.31. The van der Waals surface area contributed by atoms with Crippen LogP contribution < -0.4 is 14.8 Å². The van der Waals surface area contributed by atoms with Gasteiger partial charge in [0.05, 0.1) is 12.3 Å². The second kappa shape index (κ2) is 9.50. The summed E-state index contributed by atoms with van der Waals surface area (Å²) >= 11 is 1.47. The molecule has 1 heterocycles. The topological polar surface area (TPSA) is 67.9 Å². The molecule has 6 nitrogen and oxygen atoms in total. The van der Waals surface area contributed by atoms with E-state index in [9.17, 15) is 9.59 Å². The van der Waals surface area contributed by atoms with Gasteiger partial charge in [-0.05, 0) is 43.3 Å². The van der Waals surface area contributed by atoms with Gasteiger partial charge in [0, 0.05) is 24.1 Å². The lowest BCUT2D eigenvalue weighted by Crippen LogP contribution is -2.44. The molecule has 1 unspecified atom stereocenters. The Bertz CT molecular complexity index is 825. The van der Waals surface area contributed by atoms with Crippen LogP contribution in [0.4, 0.5) is 5.69 Å². The van der Waals surface area contributed by atoms with Gasteiger partial charge in [-0.25, -0.2) is 0 Å². The summed E-state index contributed by atoms with van der Waals surface area (Å²) in [5, 5.41) is 2.73. The van der Waals surface area contributed by atoms with Gasteiger partial charge in [0.25, 0.3) is 0 Å². The Hall–Kier alpha value is -2.67. The third-order valence-corrected chi connectivity index (χ3v) is 5.26. The van der Waals surface area contributed by atoms with Crippen LogP contribution in [0.5, 0.6) is 11.5 Å². The Morgan fingerprint density at radius 1 is 1.14 bits per heavy atom. The van der Waals surface area contributed by atoms with Crippen molar-refractivity contribution in [3.63, 3.8) is 0 Å². The number of likely N-dealkylation sites (N-methyl/N-ethyl adjacent to an activating group) is 1. The Balaban J connectivity index is 1.50. The Morgan fingerprint density at radius 3 is 2.54 bits per heavy atom. The number of amides is 2. The van der Waals surface area contributed by atoms with E-state index >= 15 is 0 Å². The second-order valence-corrected chi connectivity index (χ2v) is 7.47. The lowest BCUT2D eigenvalue weighted by atomic mass is 10.2. The molecule has 0 radical (unpaired) electrons. The van der Waals surface area contributed by atoms with Gasteiger partial charge in [0.2, 0.25) is 11.8 Å². The van der Waals surface area contributed by atoms with Gasteiger partial charge < -0.3 is 19.7 Å². The molecule has 0 bridgehead atoms. The smallest absolute Gasteiger partial charge is 0.233 e. The van der Waals surface area contributed by atoms with Crippen LogP contribution in [0.1, 0.15) is 13.8 Å². The average Bonchev–Trinajstić information content (AvgIpc) is 2.70. The van der Waals surface area contributed by atoms with E-state index in [-0.39, 0.29) is 17.9 Å². The number of hydrogen-bond donors (Lipinski definition) is 1. The summed E-state index contributed by atoms with van der Waals surface area (Å²) in [7, 11) is 0. The summed E-state index contributed by atoms with van der Waals surface area (Å²) in [6.07, 6.45) is -0.180. The molecule has 2 amide bonds. The van der Waals surface area contributed by atoms with Crippen molar-refractivity contribution in [3.05, 3.63) is 48.5 Å². The first-order valence-corrected chi connectivity index (χ1v) is 10.2. The molecule has 0 saturated carbocycles. The molecule has 1 N–H and O–H groups in total. The van der Waals surface area contributed by atoms with Crippen LogP contribution in [0, 0.1) is 0 Å². The lowest BCUT2D eigenvalue weighted by molar-refractivity contribution is -0.129. The molecule has 1 aliphatic rings. The van der Waals surface area contributed by atoms with Crippen LogP contribution in [0.25, 0.3) is 0 Å². The van der Waals surface area contributed by atoms with Crippen LogP contribution in [0.15, 0.2) is 53.4 Å². The molecule has 0 fully saturated rings. The molecule has 2 aromatic rings. The first-order valence-electron chi connectivity index (χ1n) is 9.22. The number of carbonyl (C=O) groups is 2. The van der Waals surface area contributed by atoms with E-state index in [0.29, 0.717) is 25.4 Å². The molecule has 0 aliphatic carbocycles. The predicted molar refractivity (Wildman–Crippen MR) is 110 cm³/mol. The highest BCUT2D eigenvalue weighted by Gasteiger charge is 2.24. The van der Waals surface area contributed by atoms with Gasteiger partial charge in [-0.1, -0.05) is 12.1 Å². The maximum Gasteiger partial charge on any atom is 0.233 e. The third-order valence-electron chi connectivity index (χ3n) is 4.26. The summed E-state index contributed by atoms with van der Waals surface area (Å²) in [4.78, 5) is 26.5. The maximum absolute atomic E-state index is 12.6. The molecule has 2 aromatic carbocycles. The minimum absolute atomic E-state index is 0.0564. The normalized spacial score (nSPS) is 15.0. The van der Waals surface area contributed by atoms with E-state index in [1.165, 1.54) is 18.7 Å². The highest BCUT2D eigenvalue weighted by molar-refractivity contribution is 8.00. The second-order valence-electron chi connectivity index (χ2n) is 6.42. The Morgan fingerprint density at radius 2 is 1.86 bits per heavy atom. The molecular weight excluding hydrogens is 376 g/mol. The number of anilines is 1. The quantitative estimate of drug-likeness (QED) is 0.722. The van der Waals surface area contributed by atoms with Crippen LogP contribution in [0.3, 0.4) is 0 Å². The lowest BCUT2D eigenvalue weighted by Gasteiger charge is -2.30. The van der Waals surface area contributed by atoms with Crippen LogP contribution in [-0.2, 0) is 9.59 Å². The fraction of sp³-hybridized carbons (Fsp3) is 0.333. The first kappa shape index (κ1) is 20.1. The van der Waals surface area contributed by atoms with E-state index in [2.05, 4.69) is 5.32 Å². The van der Waals surface area contributed by atoms with Crippen LogP contribution in [-0.4, -0.2) is 48.3 Å². The van der Waals surface area contributed by atoms with Crippen molar-refractivity contribution < 1.29 is 19.1 Å². The number of para-hydroxylation sites is 2. The standard InChI is InChI=1S/C21H24N2O4S/c1-3-23(12-17-13-26-19-6-4-5-7-20(19)27-17)21(25)14-28-18-10-8-16(9-11-18)22-15(2)24/h4-11,17H,3,12-14H2,1-2H3,(H,22,24). The number of benzene rings is 2. The van der Waals surface area contributed by atoms with Gasteiger partial charge in [-0.3, -0.25) is 9.59 Å². The van der Waals surface area contributed by atoms with Crippen molar-refractivity contribution in [2.45, 2.75) is 24.8 Å². The molecule has 0 aromatic heterocycles. The van der Waals surface area contributed by atoms with Crippen molar-refractivity contribution in [2.75, 3.05) is 30.8 Å². The summed E-state index contributed by atoms with van der Waals surface area (Å²) in [6, 6.07) is 15.0. The Labute approximate surface area is 169 Å². The SMILES string of the molecule is CCN(CC1COc2ccccc2O1)C(=O)CSc1ccc(NC(C)=O)cc1. The molecule has 1 atom stereocenters. The predicted octanol–water partition coefficient (Wildman–Crippen LogP) is 3.43. The minimum atomic E-state index is -0.180. The van der Waals surface area contributed by atoms with E-state index in [1.54, 1.807) is 4.90 Å². The number of hydrogen-bond acceptors (Lipinski definition) is 5. The molecule has 0 saturated heterocycles. The third kappa shape index (κ3) is 5.42. The number of nitrogens with zero attached hydrogens (tertiary/aromatic N) is 1. The van der Waals surface area contributed by atoms with Crippen molar-refractivity contribution in [3.8, 4) is 11.5 Å². The zero-order valence-electron chi connectivity index (χ0n) is 16.0. The zero-order valence-corrected chi connectivity index (χ0v) is 16.8. The summed E-state index contributed by atoms with van der Waals surface area (Å²) in [5.74, 6) is 1.76. The van der Waals surface area contributed by atoms with Crippen molar-refractivity contribution in [1.82, 2.24) is 4.90 Å². The number of carbonyl (C=O) groups excluding carboxylic acids is 2. The monoisotopic (exact) mass is 400 g/mol. The zero-order chi connectivity index (χ0) is 19.9. The van der Waals surface area contributed by atoms with E-state index in [4.69, 9.17) is 9.47 Å². The minimum Gasteiger partial charge on any atom is -0.486 e. The fourth-order valence-corrected chi connectivity index (χ4v) is 3.68. The molecule has 1 aliphatic heterocycles. The molecule has 7 heteroatoms. The van der Waals surface area contributed by atoms with Crippen molar-refractivity contribution in [2.24, 2.45) is 0 Å². The van der Waals surface area contributed by atoms with Gasteiger partial charge in [-0.15, -0.1) is 11.8 Å². The summed E-state index contributed by atoms with van der Waals surface area (Å²) in [5.41, 5.74) is 0.744. The molecule has 148 valence electrons. The maximum atomic E-state index is 12.6. The number of nitrogens with one attached hydrogen (secondary N) is 1. The van der Waals surface area contributed by atoms with Crippen molar-refractivity contribution >= 4 is 29.3 Å². The number of ether oxygens (including phenoxy) is 2.